The van der Waals surface area contributed by atoms with Crippen molar-refractivity contribution in [1.29, 1.82) is 15.8 Å². The lowest BCUT2D eigenvalue weighted by molar-refractivity contribution is 0.0695. The summed E-state index contributed by atoms with van der Waals surface area (Å²) in [7, 11) is -1.43. The van der Waals surface area contributed by atoms with Crippen LogP contribution in [0.15, 0.2) is 74.7 Å². The maximum Gasteiger partial charge on any atom is 0.488 e. The van der Waals surface area contributed by atoms with Gasteiger partial charge in [0.05, 0.1) is 55.1 Å². The number of benzene rings is 2. The maximum absolute atomic E-state index is 12.5. The Bertz CT molecular complexity index is 2830. The van der Waals surface area contributed by atoms with Crippen LogP contribution in [-0.4, -0.2) is 124 Å². The van der Waals surface area contributed by atoms with Gasteiger partial charge in [0.25, 0.3) is 11.8 Å². The van der Waals surface area contributed by atoms with Crippen LogP contribution in [0, 0.1) is 34.4 Å². The topological polar surface area (TPSA) is 282 Å². The maximum atomic E-state index is 12.5. The Morgan fingerprint density at radius 2 is 1.14 bits per heavy atom. The minimum Gasteiger partial charge on any atom is -0.476 e. The highest BCUT2D eigenvalue weighted by Gasteiger charge is 2.48. The minimum atomic E-state index is -1.43. The van der Waals surface area contributed by atoms with Gasteiger partial charge in [-0.2, -0.15) is 15.8 Å². The van der Waals surface area contributed by atoms with Gasteiger partial charge in [0.15, 0.2) is 28.6 Å². The van der Waals surface area contributed by atoms with Crippen LogP contribution in [0.1, 0.15) is 87.2 Å². The molecule has 27 heteroatoms. The third-order valence-corrected chi connectivity index (χ3v) is 17.4. The first-order valence-electron chi connectivity index (χ1n) is 22.3. The van der Waals surface area contributed by atoms with Gasteiger partial charge in [0.2, 0.25) is 5.01 Å². The molecular weight excluding hydrogens is 1180 g/mol. The van der Waals surface area contributed by atoms with Crippen molar-refractivity contribution in [3.63, 3.8) is 0 Å². The molecule has 0 aliphatic carbocycles. The van der Waals surface area contributed by atoms with E-state index >= 15 is 0 Å². The molecule has 9 heterocycles. The standard InChI is InChI=1S/C17H15ClN4OS.C11H11BrN4OS.C7H11N3.C6H6BClO2.C4H2BrNO2S.ClH/c18-11-3-1-2-10(6-11)15-8-20-17(24-15)16(23)21-13-7-12-4-5-14(13)22(12)9-19;12-9-4-14-11(18-9)10(17)15-7-3-6-1-2-8(7)16(6)5-13;8-4-10-5-1-2-7(10)6(9)3-5;8-6-3-1-2-5(4-6)7(9)10;5-2-1-6-3(9-2)4(7)8;/h1-3,6,8,12-14H,4-5,7H2,(H,21,23);4,6-8H,1-3H2,(H,15,17);5-7H,1-3,9H2;1-4,9-10H;1H,(H,7,8);1H/t12-,13+,14+;6-,7+,8+;5-,6+,7+;;;/m000.../s1. The normalized spacial score (nSPS) is 24.2. The minimum absolute atomic E-state index is 0. The quantitative estimate of drug-likeness (QED) is 0.0701. The average Bonchev–Trinajstić information content (AvgIpc) is 4.22. The van der Waals surface area contributed by atoms with Crippen LogP contribution >= 0.6 is 101 Å². The van der Waals surface area contributed by atoms with Gasteiger partial charge in [-0.3, -0.25) is 9.59 Å². The van der Waals surface area contributed by atoms with Crippen LogP contribution < -0.4 is 21.8 Å². The molecule has 7 N–H and O–H groups in total. The number of carboxylic acids is 1. The molecule has 5 aromatic rings. The molecule has 6 saturated heterocycles. The Morgan fingerprint density at radius 1 is 0.681 bits per heavy atom. The van der Waals surface area contributed by atoms with E-state index < -0.39 is 13.1 Å². The van der Waals surface area contributed by atoms with Gasteiger partial charge in [-0.1, -0.05) is 47.5 Å². The molecule has 3 aromatic heterocycles. The van der Waals surface area contributed by atoms with E-state index in [9.17, 15) is 19.6 Å². The summed E-state index contributed by atoms with van der Waals surface area (Å²) in [6, 6.07) is 16.1. The third kappa shape index (κ3) is 14.0. The number of thiazole rings is 3. The van der Waals surface area contributed by atoms with Gasteiger partial charge in [0.1, 0.15) is 0 Å². The molecule has 0 unspecified atom stereocenters. The van der Waals surface area contributed by atoms with Crippen LogP contribution in [0.25, 0.3) is 10.4 Å². The number of hydrogen-bond donors (Lipinski definition) is 6. The van der Waals surface area contributed by atoms with Gasteiger partial charge < -0.3 is 46.2 Å². The summed E-state index contributed by atoms with van der Waals surface area (Å²) >= 11 is 21.7. The van der Waals surface area contributed by atoms with Gasteiger partial charge in [-0.05, 0) is 125 Å². The van der Waals surface area contributed by atoms with E-state index in [-0.39, 0.29) is 65.5 Å². The van der Waals surface area contributed by atoms with Crippen molar-refractivity contribution in [1.82, 2.24) is 40.3 Å². The third-order valence-electron chi connectivity index (χ3n) is 12.9. The lowest BCUT2D eigenvalue weighted by atomic mass is 9.81. The van der Waals surface area contributed by atoms with Crippen LogP contribution in [0.4, 0.5) is 0 Å². The summed E-state index contributed by atoms with van der Waals surface area (Å²) in [5, 5.41) is 60.8. The van der Waals surface area contributed by atoms with Crippen molar-refractivity contribution in [3.05, 3.63) is 99.8 Å². The molecule has 11 rings (SSSR count). The van der Waals surface area contributed by atoms with Crippen LogP contribution in [0.2, 0.25) is 10.0 Å². The first kappa shape index (κ1) is 56.7. The molecule has 6 bridgehead atoms. The summed E-state index contributed by atoms with van der Waals surface area (Å²) in [6.45, 7) is 0. The SMILES string of the molecule is Cl.N#CN1[C@H]2CC[C@@H]1[C@H](N)C2.N#CN1[C@H]2CC[C@@H]1[C@H](NC(=O)c1ncc(-c3cccc(Cl)c3)s1)C2.N#CN1[C@H]2CC[C@@H]1[C@H](NC(=O)c1ncc(Br)s1)C2.O=C(O)c1ncc(Br)s1.OB(O)c1cccc(Cl)c1. The molecule has 6 aliphatic rings. The van der Waals surface area contributed by atoms with E-state index in [1.807, 2.05) is 39.0 Å². The summed E-state index contributed by atoms with van der Waals surface area (Å²) in [5.41, 5.74) is 7.16. The number of aromatic carboxylic acids is 1. The van der Waals surface area contributed by atoms with Crippen molar-refractivity contribution < 1.29 is 29.5 Å². The monoisotopic (exact) mass is 1220 g/mol. The number of nitrogens with two attached hydrogens (primary N) is 1. The largest absolute Gasteiger partial charge is 0.488 e. The van der Waals surface area contributed by atoms with E-state index in [1.165, 1.54) is 41.4 Å². The zero-order valence-corrected chi connectivity index (χ0v) is 45.8. The Hall–Kier alpha value is -4.62. The number of carboxylic acid groups (broad SMARTS) is 1. The zero-order valence-electron chi connectivity index (χ0n) is 37.8. The number of carbonyl (C=O) groups excluding carboxylic acids is 2. The second-order valence-corrected chi connectivity index (χ2v) is 23.9. The molecule has 2 amide bonds. The lowest BCUT2D eigenvalue weighted by Gasteiger charge is -2.21. The fourth-order valence-electron chi connectivity index (χ4n) is 9.78. The van der Waals surface area contributed by atoms with Crippen LogP contribution in [0.3, 0.4) is 0 Å². The predicted octanol–water partition coefficient (Wildman–Crippen LogP) is 7.08. The zero-order chi connectivity index (χ0) is 50.9. The average molecular weight is 1220 g/mol. The Labute approximate surface area is 460 Å². The molecular formula is C45H46BBr2Cl3N12O6S3. The number of fused-ring (bicyclic) bond motifs is 6. The fraction of sp³-hybridized carbons (Fsp3) is 0.400. The Morgan fingerprint density at radius 3 is 1.51 bits per heavy atom. The predicted molar refractivity (Wildman–Crippen MR) is 285 cm³/mol. The van der Waals surface area contributed by atoms with E-state index in [4.69, 9.17) is 54.6 Å². The number of nitrogens with zero attached hydrogens (tertiary/aromatic N) is 9. The molecule has 9 atom stereocenters. The van der Waals surface area contributed by atoms with E-state index in [0.29, 0.717) is 43.6 Å². The van der Waals surface area contributed by atoms with Crippen molar-refractivity contribution in [2.24, 2.45) is 5.73 Å². The van der Waals surface area contributed by atoms with Crippen LogP contribution in [0.5, 0.6) is 0 Å². The van der Waals surface area contributed by atoms with Crippen molar-refractivity contribution in [2.75, 3.05) is 0 Å². The van der Waals surface area contributed by atoms with Gasteiger partial charge >= 0.3 is 13.1 Å². The number of halogens is 5. The molecule has 18 nitrogen and oxygen atoms in total. The summed E-state index contributed by atoms with van der Waals surface area (Å²) < 4.78 is 1.58. The number of nitrogens with one attached hydrogen (secondary N) is 2. The molecule has 6 aliphatic heterocycles. The molecule has 0 spiro atoms. The first-order valence-corrected chi connectivity index (χ1v) is 27.1. The smallest absolute Gasteiger partial charge is 0.476 e. The summed E-state index contributed by atoms with van der Waals surface area (Å²) in [4.78, 5) is 53.0. The Kier molecular flexibility index (Phi) is 20.5. The van der Waals surface area contributed by atoms with E-state index in [0.717, 1.165) is 80.7 Å². The molecule has 0 radical (unpaired) electrons. The second-order valence-electron chi connectivity index (χ2n) is 17.2. The highest BCUT2D eigenvalue weighted by molar-refractivity contribution is 9.11. The van der Waals surface area contributed by atoms with E-state index in [1.54, 1.807) is 30.6 Å². The number of nitriles is 3. The molecule has 72 heavy (non-hydrogen) atoms. The number of aromatic nitrogens is 3. The summed E-state index contributed by atoms with van der Waals surface area (Å²) in [6.07, 6.45) is 20.6. The van der Waals surface area contributed by atoms with Crippen LogP contribution in [-0.2, 0) is 0 Å². The van der Waals surface area contributed by atoms with Gasteiger partial charge in [-0.15, -0.1) is 46.4 Å². The molecule has 0 saturated carbocycles. The summed E-state index contributed by atoms with van der Waals surface area (Å²) in [5.74, 6) is -1.28. The number of amides is 2. The second kappa shape index (κ2) is 26.0. The number of rotatable bonds is 7. The van der Waals surface area contributed by atoms with Gasteiger partial charge in [0, 0.05) is 40.4 Å². The molecule has 6 fully saturated rings. The highest BCUT2D eigenvalue weighted by Crippen LogP contribution is 2.39. The fourth-order valence-corrected chi connectivity index (χ4v) is 13.1. The van der Waals surface area contributed by atoms with Crippen molar-refractivity contribution >= 4 is 132 Å². The van der Waals surface area contributed by atoms with Gasteiger partial charge in [-0.25, -0.2) is 19.7 Å². The first-order chi connectivity index (χ1) is 34.1. The van der Waals surface area contributed by atoms with E-state index in [2.05, 4.69) is 76.0 Å². The molecule has 378 valence electrons. The van der Waals surface area contributed by atoms with Crippen molar-refractivity contribution in [2.45, 2.75) is 112 Å². The highest BCUT2D eigenvalue weighted by atomic mass is 79.9. The lowest BCUT2D eigenvalue weighted by Crippen LogP contribution is -2.43. The Balaban J connectivity index is 0.000000156. The number of carbonyl (C=O) groups is 3. The van der Waals surface area contributed by atoms with Crippen molar-refractivity contribution in [3.8, 4) is 29.0 Å². The molecule has 2 aromatic carbocycles. The number of hydrogen-bond acceptors (Lipinski definition) is 18.